The zero-order valence-electron chi connectivity index (χ0n) is 10.3. The monoisotopic (exact) mass is 226 g/mol. The molecule has 0 rings (SSSR count). The van der Waals surface area contributed by atoms with Crippen LogP contribution < -0.4 is 0 Å². The first kappa shape index (κ1) is 14.8. The van der Waals surface area contributed by atoms with Gasteiger partial charge in [-0.2, -0.15) is 13.2 Å². The van der Waals surface area contributed by atoms with Crippen molar-refractivity contribution in [2.24, 2.45) is 10.8 Å². The molecule has 15 heavy (non-hydrogen) atoms. The minimum atomic E-state index is -4.30. The molecule has 0 aliphatic carbocycles. The van der Waals surface area contributed by atoms with E-state index in [1.807, 2.05) is 20.8 Å². The molecule has 0 fully saturated rings. The van der Waals surface area contributed by atoms with Crippen molar-refractivity contribution in [1.82, 2.24) is 0 Å². The molecule has 1 unspecified atom stereocenters. The first-order valence-electron chi connectivity index (χ1n) is 5.02. The Labute approximate surface area is 90.0 Å². The Hall–Kier alpha value is -0.250. The van der Waals surface area contributed by atoms with E-state index in [1.165, 1.54) is 20.8 Å². The summed E-state index contributed by atoms with van der Waals surface area (Å²) in [4.78, 5) is 0. The van der Waals surface area contributed by atoms with E-state index in [2.05, 4.69) is 0 Å². The number of hydrogen-bond acceptors (Lipinski definition) is 1. The molecule has 0 N–H and O–H groups in total. The second-order valence-corrected chi connectivity index (χ2v) is 6.16. The second kappa shape index (κ2) is 4.32. The molecule has 0 aliphatic rings. The van der Waals surface area contributed by atoms with Crippen molar-refractivity contribution >= 4 is 0 Å². The van der Waals surface area contributed by atoms with Gasteiger partial charge in [0.15, 0.2) is 6.10 Å². The van der Waals surface area contributed by atoms with Gasteiger partial charge in [-0.25, -0.2) is 0 Å². The summed E-state index contributed by atoms with van der Waals surface area (Å²) in [7, 11) is 0. The zero-order valence-corrected chi connectivity index (χ0v) is 10.3. The van der Waals surface area contributed by atoms with E-state index >= 15 is 0 Å². The molecule has 0 saturated heterocycles. The zero-order chi connectivity index (χ0) is 12.5. The number of rotatable bonds is 2. The smallest absolute Gasteiger partial charge is 0.368 e. The quantitative estimate of drug-likeness (QED) is 0.690. The Balaban J connectivity index is 4.56. The summed E-state index contributed by atoms with van der Waals surface area (Å²) in [5, 5.41) is 0. The highest BCUT2D eigenvalue weighted by atomic mass is 19.4. The molecule has 92 valence electrons. The topological polar surface area (TPSA) is 9.23 Å². The molecule has 0 aromatic rings. The van der Waals surface area contributed by atoms with Crippen LogP contribution in [0.1, 0.15) is 41.5 Å². The highest BCUT2D eigenvalue weighted by molar-refractivity contribution is 4.81. The van der Waals surface area contributed by atoms with Gasteiger partial charge in [-0.1, -0.05) is 41.5 Å². The van der Waals surface area contributed by atoms with Gasteiger partial charge in [-0.3, -0.25) is 0 Å². The van der Waals surface area contributed by atoms with Crippen LogP contribution in [0, 0.1) is 10.8 Å². The number of halogens is 3. The Morgan fingerprint density at radius 3 is 1.53 bits per heavy atom. The van der Waals surface area contributed by atoms with Crippen LogP contribution in [0.5, 0.6) is 0 Å². The Morgan fingerprint density at radius 1 is 0.933 bits per heavy atom. The van der Waals surface area contributed by atoms with Gasteiger partial charge in [0.25, 0.3) is 0 Å². The molecule has 0 heterocycles. The maximum absolute atomic E-state index is 12.7. The Bertz CT molecular complexity index is 181. The predicted molar refractivity (Wildman–Crippen MR) is 54.7 cm³/mol. The largest absolute Gasteiger partial charge is 0.415 e. The van der Waals surface area contributed by atoms with Crippen LogP contribution in [-0.4, -0.2) is 18.9 Å². The van der Waals surface area contributed by atoms with E-state index in [9.17, 15) is 13.2 Å². The third-order valence-electron chi connectivity index (χ3n) is 1.77. The van der Waals surface area contributed by atoms with E-state index < -0.39 is 17.7 Å². The van der Waals surface area contributed by atoms with Gasteiger partial charge in [-0.05, 0) is 10.8 Å². The van der Waals surface area contributed by atoms with Crippen molar-refractivity contribution in [2.75, 3.05) is 6.61 Å². The van der Waals surface area contributed by atoms with Crippen LogP contribution >= 0.6 is 0 Å². The third-order valence-corrected chi connectivity index (χ3v) is 1.77. The standard InChI is InChI=1S/C11H21F3O/c1-9(2,3)7-15-8(10(4,5)6)11(12,13)14/h8H,7H2,1-6H3. The lowest BCUT2D eigenvalue weighted by Crippen LogP contribution is -2.43. The molecule has 0 aliphatic heterocycles. The summed E-state index contributed by atoms with van der Waals surface area (Å²) in [5.74, 6) is 0. The van der Waals surface area contributed by atoms with E-state index in [0.717, 1.165) is 0 Å². The lowest BCUT2D eigenvalue weighted by atomic mass is 9.88. The fourth-order valence-electron chi connectivity index (χ4n) is 1.17. The molecule has 0 bridgehead atoms. The summed E-state index contributed by atoms with van der Waals surface area (Å²) in [6.45, 7) is 10.3. The van der Waals surface area contributed by atoms with Crippen LogP contribution in [0.25, 0.3) is 0 Å². The first-order valence-corrected chi connectivity index (χ1v) is 5.02. The van der Waals surface area contributed by atoms with E-state index in [-0.39, 0.29) is 12.0 Å². The molecule has 0 amide bonds. The summed E-state index contributed by atoms with van der Waals surface area (Å²) >= 11 is 0. The fraction of sp³-hybridized carbons (Fsp3) is 1.00. The highest BCUT2D eigenvalue weighted by Crippen LogP contribution is 2.36. The van der Waals surface area contributed by atoms with Gasteiger partial charge in [0.1, 0.15) is 0 Å². The average molecular weight is 226 g/mol. The molecule has 1 nitrogen and oxygen atoms in total. The lowest BCUT2D eigenvalue weighted by Gasteiger charge is -2.34. The van der Waals surface area contributed by atoms with E-state index in [0.29, 0.717) is 0 Å². The summed E-state index contributed by atoms with van der Waals surface area (Å²) in [5.41, 5.74) is -1.18. The van der Waals surface area contributed by atoms with E-state index in [4.69, 9.17) is 4.74 Å². The summed E-state index contributed by atoms with van der Waals surface area (Å²) in [6, 6.07) is 0. The molecule has 0 spiro atoms. The lowest BCUT2D eigenvalue weighted by molar-refractivity contribution is -0.253. The first-order chi connectivity index (χ1) is 6.34. The van der Waals surface area contributed by atoms with Gasteiger partial charge in [-0.15, -0.1) is 0 Å². The third kappa shape index (κ3) is 6.03. The minimum absolute atomic E-state index is 0.106. The van der Waals surface area contributed by atoms with Crippen molar-refractivity contribution in [2.45, 2.75) is 53.8 Å². The Kier molecular flexibility index (Phi) is 4.25. The van der Waals surface area contributed by atoms with Crippen LogP contribution in [0.3, 0.4) is 0 Å². The van der Waals surface area contributed by atoms with Crippen molar-refractivity contribution < 1.29 is 17.9 Å². The maximum atomic E-state index is 12.7. The maximum Gasteiger partial charge on any atom is 0.415 e. The van der Waals surface area contributed by atoms with Gasteiger partial charge in [0.05, 0.1) is 6.61 Å². The van der Waals surface area contributed by atoms with Gasteiger partial charge in [0, 0.05) is 0 Å². The molecule has 4 heteroatoms. The van der Waals surface area contributed by atoms with Crippen molar-refractivity contribution in [3.8, 4) is 0 Å². The number of hydrogen-bond donors (Lipinski definition) is 0. The fourth-order valence-corrected chi connectivity index (χ4v) is 1.17. The van der Waals surface area contributed by atoms with Crippen LogP contribution in [0.4, 0.5) is 13.2 Å². The van der Waals surface area contributed by atoms with E-state index in [1.54, 1.807) is 0 Å². The van der Waals surface area contributed by atoms with Crippen LogP contribution in [0.2, 0.25) is 0 Å². The highest BCUT2D eigenvalue weighted by Gasteiger charge is 2.48. The van der Waals surface area contributed by atoms with Crippen molar-refractivity contribution in [1.29, 1.82) is 0 Å². The molecule has 1 atom stereocenters. The molecule has 0 aromatic heterocycles. The van der Waals surface area contributed by atoms with Crippen LogP contribution in [-0.2, 0) is 4.74 Å². The van der Waals surface area contributed by atoms with Crippen LogP contribution in [0.15, 0.2) is 0 Å². The average Bonchev–Trinajstić information content (AvgIpc) is 1.75. The molecule has 0 saturated carbocycles. The molecular formula is C11H21F3O. The number of alkyl halides is 3. The van der Waals surface area contributed by atoms with Gasteiger partial charge < -0.3 is 4.74 Å². The van der Waals surface area contributed by atoms with Gasteiger partial charge in [0.2, 0.25) is 0 Å². The molecule has 0 aromatic carbocycles. The summed E-state index contributed by atoms with van der Waals surface area (Å²) in [6.07, 6.45) is -6.01. The van der Waals surface area contributed by atoms with Crippen molar-refractivity contribution in [3.63, 3.8) is 0 Å². The minimum Gasteiger partial charge on any atom is -0.368 e. The predicted octanol–water partition coefficient (Wildman–Crippen LogP) is 4.03. The second-order valence-electron chi connectivity index (χ2n) is 6.16. The van der Waals surface area contributed by atoms with Crippen molar-refractivity contribution in [3.05, 3.63) is 0 Å². The van der Waals surface area contributed by atoms with Gasteiger partial charge >= 0.3 is 6.18 Å². The summed E-state index contributed by atoms with van der Waals surface area (Å²) < 4.78 is 43.0. The normalized spacial score (nSPS) is 16.6. The SMILES string of the molecule is CC(C)(C)COC(C(C)(C)C)C(F)(F)F. The number of ether oxygens (including phenoxy) is 1. The molecule has 0 radical (unpaired) electrons. The Morgan fingerprint density at radius 2 is 1.33 bits per heavy atom. The molecular weight excluding hydrogens is 205 g/mol.